The van der Waals surface area contributed by atoms with E-state index in [1.165, 1.54) is 5.56 Å². The molecule has 2 N–H and O–H groups in total. The molecule has 1 saturated heterocycles. The molecule has 0 bridgehead atoms. The van der Waals surface area contributed by atoms with E-state index in [1.807, 2.05) is 0 Å². The first-order valence-electron chi connectivity index (χ1n) is 9.44. The Hall–Kier alpha value is -2.15. The van der Waals surface area contributed by atoms with Crippen molar-refractivity contribution in [1.29, 1.82) is 0 Å². The molecule has 142 valence electrons. The van der Waals surface area contributed by atoms with Crippen LogP contribution in [0.25, 0.3) is 0 Å². The largest absolute Gasteiger partial charge is 0.480 e. The van der Waals surface area contributed by atoms with E-state index >= 15 is 0 Å². The Balaban J connectivity index is 1.56. The zero-order valence-corrected chi connectivity index (χ0v) is 15.2. The van der Waals surface area contributed by atoms with Crippen molar-refractivity contribution in [3.8, 4) is 0 Å². The van der Waals surface area contributed by atoms with Gasteiger partial charge in [-0.1, -0.05) is 6.07 Å². The van der Waals surface area contributed by atoms with Crippen LogP contribution in [-0.4, -0.2) is 59.2 Å². The van der Waals surface area contributed by atoms with Crippen molar-refractivity contribution in [2.24, 2.45) is 5.92 Å². The minimum Gasteiger partial charge on any atom is -0.480 e. The molecule has 1 aromatic rings. The number of aromatic nitrogens is 1. The summed E-state index contributed by atoms with van der Waals surface area (Å²) in [6.07, 6.45) is 4.83. The number of piperidine rings is 1. The lowest BCUT2D eigenvalue weighted by molar-refractivity contribution is -0.161. The number of hydrogen-bond donors (Lipinski definition) is 2. The van der Waals surface area contributed by atoms with Crippen LogP contribution in [0.3, 0.4) is 0 Å². The molecular weight excluding hydrogens is 334 g/mol. The highest BCUT2D eigenvalue weighted by molar-refractivity contribution is 5.98. The van der Waals surface area contributed by atoms with Crippen LogP contribution in [-0.2, 0) is 27.2 Å². The van der Waals surface area contributed by atoms with E-state index < -0.39 is 18.0 Å². The van der Waals surface area contributed by atoms with Gasteiger partial charge in [-0.2, -0.15) is 0 Å². The second-order valence-electron chi connectivity index (χ2n) is 7.02. The average Bonchev–Trinajstić information content (AvgIpc) is 2.63. The van der Waals surface area contributed by atoms with Crippen molar-refractivity contribution in [1.82, 2.24) is 9.88 Å². The quantitative estimate of drug-likeness (QED) is 0.589. The molecule has 26 heavy (non-hydrogen) atoms. The number of fused-ring (bicyclic) bond motifs is 1. The standard InChI is InChI=1S/C19H27N3O4/c1-2-26-19(25)16(18(23)24)22-10-7-13(8-11-22)12-15-6-5-14-4-3-9-20-17(14)21-15/h5-6,13,16H,2-4,7-12H2,1H3,(H,20,21)(H,23,24). The number of aryl methyl sites for hydroxylation is 1. The molecule has 1 unspecified atom stereocenters. The number of carbonyl (C=O) groups excluding carboxylic acids is 1. The number of rotatable bonds is 6. The fraction of sp³-hybridized carbons (Fsp3) is 0.632. The summed E-state index contributed by atoms with van der Waals surface area (Å²) in [7, 11) is 0. The fourth-order valence-electron chi connectivity index (χ4n) is 3.82. The van der Waals surface area contributed by atoms with E-state index in [0.29, 0.717) is 19.0 Å². The molecule has 0 saturated carbocycles. The normalized spacial score (nSPS) is 19.3. The SMILES string of the molecule is CCOC(=O)C(C(=O)O)N1CCC(Cc2ccc3c(n2)NCCC3)CC1. The molecule has 3 heterocycles. The van der Waals surface area contributed by atoms with Crippen molar-refractivity contribution in [2.45, 2.75) is 45.1 Å². The molecular formula is C19H27N3O4. The maximum Gasteiger partial charge on any atom is 0.335 e. The zero-order chi connectivity index (χ0) is 18.5. The second kappa shape index (κ2) is 8.49. The number of pyridine rings is 1. The molecule has 1 fully saturated rings. The molecule has 0 radical (unpaired) electrons. The Morgan fingerprint density at radius 3 is 2.85 bits per heavy atom. The van der Waals surface area contributed by atoms with Crippen molar-refractivity contribution in [3.63, 3.8) is 0 Å². The summed E-state index contributed by atoms with van der Waals surface area (Å²) in [5.41, 5.74) is 2.37. The van der Waals surface area contributed by atoms with Crippen LogP contribution < -0.4 is 5.32 Å². The van der Waals surface area contributed by atoms with Gasteiger partial charge >= 0.3 is 11.9 Å². The minimum absolute atomic E-state index is 0.192. The van der Waals surface area contributed by atoms with Gasteiger partial charge < -0.3 is 15.2 Å². The number of ether oxygens (including phenoxy) is 1. The molecule has 3 rings (SSSR count). The van der Waals surface area contributed by atoms with E-state index in [4.69, 9.17) is 9.72 Å². The van der Waals surface area contributed by atoms with E-state index in [9.17, 15) is 14.7 Å². The first-order valence-corrected chi connectivity index (χ1v) is 9.44. The van der Waals surface area contributed by atoms with Crippen LogP contribution in [0.4, 0.5) is 5.82 Å². The molecule has 7 heteroatoms. The van der Waals surface area contributed by atoms with E-state index in [-0.39, 0.29) is 6.61 Å². The van der Waals surface area contributed by atoms with Crippen molar-refractivity contribution in [3.05, 3.63) is 23.4 Å². The first-order chi connectivity index (χ1) is 12.6. The second-order valence-corrected chi connectivity index (χ2v) is 7.02. The minimum atomic E-state index is -1.19. The Morgan fingerprint density at radius 2 is 2.15 bits per heavy atom. The van der Waals surface area contributed by atoms with Crippen molar-refractivity contribution < 1.29 is 19.4 Å². The Morgan fingerprint density at radius 1 is 1.38 bits per heavy atom. The summed E-state index contributed by atoms with van der Waals surface area (Å²) in [6, 6.07) is 3.08. The van der Waals surface area contributed by atoms with E-state index in [2.05, 4.69) is 17.4 Å². The highest BCUT2D eigenvalue weighted by Crippen LogP contribution is 2.25. The van der Waals surface area contributed by atoms with Crippen LogP contribution in [0, 0.1) is 5.92 Å². The van der Waals surface area contributed by atoms with Gasteiger partial charge in [-0.3, -0.25) is 4.90 Å². The lowest BCUT2D eigenvalue weighted by atomic mass is 9.91. The summed E-state index contributed by atoms with van der Waals surface area (Å²) < 4.78 is 4.92. The number of carbonyl (C=O) groups is 2. The fourth-order valence-corrected chi connectivity index (χ4v) is 3.82. The van der Waals surface area contributed by atoms with Gasteiger partial charge in [0.05, 0.1) is 6.61 Å². The lowest BCUT2D eigenvalue weighted by Crippen LogP contribution is -2.50. The maximum atomic E-state index is 11.9. The van der Waals surface area contributed by atoms with Crippen molar-refractivity contribution in [2.75, 3.05) is 31.6 Å². The number of carboxylic acids is 1. The lowest BCUT2D eigenvalue weighted by Gasteiger charge is -2.34. The van der Waals surface area contributed by atoms with Crippen LogP contribution in [0.1, 0.15) is 37.4 Å². The molecule has 7 nitrogen and oxygen atoms in total. The van der Waals surface area contributed by atoms with Crippen molar-refractivity contribution >= 4 is 17.8 Å². The third-order valence-electron chi connectivity index (χ3n) is 5.21. The summed E-state index contributed by atoms with van der Waals surface area (Å²) in [5, 5.41) is 12.7. The summed E-state index contributed by atoms with van der Waals surface area (Å²) >= 11 is 0. The highest BCUT2D eigenvalue weighted by Gasteiger charge is 2.36. The Bertz CT molecular complexity index is 656. The highest BCUT2D eigenvalue weighted by atomic mass is 16.5. The van der Waals surface area contributed by atoms with Crippen LogP contribution in [0.15, 0.2) is 12.1 Å². The zero-order valence-electron chi connectivity index (χ0n) is 15.2. The van der Waals surface area contributed by atoms with Gasteiger partial charge in [0.25, 0.3) is 0 Å². The van der Waals surface area contributed by atoms with Gasteiger partial charge in [0.1, 0.15) is 5.82 Å². The number of hydrogen-bond acceptors (Lipinski definition) is 6. The smallest absolute Gasteiger partial charge is 0.335 e. The Kier molecular flexibility index (Phi) is 6.08. The Labute approximate surface area is 153 Å². The first kappa shape index (κ1) is 18.6. The number of nitrogens with one attached hydrogen (secondary N) is 1. The molecule has 2 aliphatic heterocycles. The number of aliphatic carboxylic acids is 1. The molecule has 2 aliphatic rings. The predicted molar refractivity (Wildman–Crippen MR) is 97.1 cm³/mol. The number of carboxylic acid groups (broad SMARTS) is 1. The predicted octanol–water partition coefficient (Wildman–Crippen LogP) is 1.71. The third-order valence-corrected chi connectivity index (χ3v) is 5.21. The van der Waals surface area contributed by atoms with Gasteiger partial charge in [0.2, 0.25) is 6.04 Å². The summed E-state index contributed by atoms with van der Waals surface area (Å²) in [5.74, 6) is -0.332. The van der Waals surface area contributed by atoms with Gasteiger partial charge in [0.15, 0.2) is 0 Å². The number of nitrogens with zero attached hydrogens (tertiary/aromatic N) is 2. The number of likely N-dealkylation sites (tertiary alicyclic amines) is 1. The van der Waals surface area contributed by atoms with Crippen LogP contribution >= 0.6 is 0 Å². The molecule has 0 spiro atoms. The molecule has 1 aromatic heterocycles. The molecule has 0 aliphatic carbocycles. The van der Waals surface area contributed by atoms with E-state index in [1.54, 1.807) is 11.8 Å². The summed E-state index contributed by atoms with van der Waals surface area (Å²) in [4.78, 5) is 29.9. The molecule has 0 amide bonds. The maximum absolute atomic E-state index is 11.9. The van der Waals surface area contributed by atoms with Crippen LogP contribution in [0.2, 0.25) is 0 Å². The molecule has 0 aromatic carbocycles. The van der Waals surface area contributed by atoms with Crippen LogP contribution in [0.5, 0.6) is 0 Å². The van der Waals surface area contributed by atoms with Gasteiger partial charge in [0, 0.05) is 12.2 Å². The number of anilines is 1. The number of esters is 1. The van der Waals surface area contributed by atoms with Gasteiger partial charge in [-0.05, 0) is 69.7 Å². The summed E-state index contributed by atoms with van der Waals surface area (Å²) in [6.45, 7) is 4.03. The average molecular weight is 361 g/mol. The molecule has 1 atom stereocenters. The van der Waals surface area contributed by atoms with Gasteiger partial charge in [-0.25, -0.2) is 14.6 Å². The van der Waals surface area contributed by atoms with E-state index in [0.717, 1.165) is 50.2 Å². The monoisotopic (exact) mass is 361 g/mol. The third kappa shape index (κ3) is 4.33. The topological polar surface area (TPSA) is 91.8 Å². The van der Waals surface area contributed by atoms with Gasteiger partial charge in [-0.15, -0.1) is 0 Å².